The molecule has 1 aliphatic rings. The average molecular weight is 427 g/mol. The Bertz CT molecular complexity index is 1480. The molecular weight excluding hydrogens is 411 g/mol. The highest BCUT2D eigenvalue weighted by Gasteiger charge is 2.21. The van der Waals surface area contributed by atoms with Gasteiger partial charge in [0.25, 0.3) is 5.56 Å². The Hall–Kier alpha value is -3.43. The van der Waals surface area contributed by atoms with E-state index in [4.69, 9.17) is 11.6 Å². The fourth-order valence-corrected chi connectivity index (χ4v) is 4.05. The summed E-state index contributed by atoms with van der Waals surface area (Å²) in [5.41, 5.74) is 4.31. The molecule has 0 aliphatic carbocycles. The van der Waals surface area contributed by atoms with Crippen LogP contribution in [0.5, 0.6) is 0 Å². The molecule has 0 atom stereocenters. The molecule has 0 saturated carbocycles. The lowest BCUT2D eigenvalue weighted by atomic mass is 10.2. The van der Waals surface area contributed by atoms with Crippen LogP contribution < -0.4 is 16.7 Å². The number of aromatic amines is 1. The molecule has 152 valence electrons. The first-order chi connectivity index (χ1) is 14.4. The zero-order chi connectivity index (χ0) is 21.2. The van der Waals surface area contributed by atoms with E-state index >= 15 is 0 Å². The van der Waals surface area contributed by atoms with Gasteiger partial charge >= 0.3 is 5.69 Å². The summed E-state index contributed by atoms with van der Waals surface area (Å²) in [6.45, 7) is 0.638. The Morgan fingerprint density at radius 2 is 2.00 bits per heavy atom. The molecule has 2 N–H and O–H groups in total. The van der Waals surface area contributed by atoms with E-state index in [9.17, 15) is 14.0 Å². The summed E-state index contributed by atoms with van der Waals surface area (Å²) in [5, 5.41) is 2.63. The van der Waals surface area contributed by atoms with Crippen molar-refractivity contribution >= 4 is 39.1 Å². The quantitative estimate of drug-likeness (QED) is 0.513. The molecule has 5 rings (SSSR count). The van der Waals surface area contributed by atoms with Crippen LogP contribution in [-0.4, -0.2) is 37.7 Å². The van der Waals surface area contributed by atoms with E-state index in [0.717, 1.165) is 21.9 Å². The van der Waals surface area contributed by atoms with Crippen LogP contribution in [0.4, 0.5) is 4.39 Å². The summed E-state index contributed by atoms with van der Waals surface area (Å²) in [5.74, 6) is -0.760. The van der Waals surface area contributed by atoms with Gasteiger partial charge in [-0.1, -0.05) is 17.7 Å². The zero-order valence-corrected chi connectivity index (χ0v) is 16.8. The molecule has 0 unspecified atom stereocenters. The van der Waals surface area contributed by atoms with Crippen molar-refractivity contribution in [3.8, 4) is 5.69 Å². The number of para-hydroxylation sites is 1. The maximum absolute atomic E-state index is 14.5. The highest BCUT2D eigenvalue weighted by molar-refractivity contribution is 6.32. The number of pyridine rings is 1. The topological polar surface area (TPSA) is 88.0 Å². The molecule has 3 aromatic heterocycles. The zero-order valence-electron chi connectivity index (χ0n) is 16.0. The number of halogens is 2. The van der Waals surface area contributed by atoms with Gasteiger partial charge in [0, 0.05) is 49.7 Å². The summed E-state index contributed by atoms with van der Waals surface area (Å²) >= 11 is 6.11. The molecule has 0 amide bonds. The monoisotopic (exact) mass is 426 g/mol. The lowest BCUT2D eigenvalue weighted by Gasteiger charge is -2.12. The number of hydrogen-bond donors (Lipinski definition) is 2. The number of nitrogens with one attached hydrogen (secondary N) is 2. The van der Waals surface area contributed by atoms with Crippen molar-refractivity contribution in [3.05, 3.63) is 74.0 Å². The minimum Gasteiger partial charge on any atom is -0.339 e. The molecule has 1 aliphatic heterocycles. The van der Waals surface area contributed by atoms with Crippen molar-refractivity contribution in [1.82, 2.24) is 29.5 Å². The van der Waals surface area contributed by atoms with Gasteiger partial charge in [0.2, 0.25) is 0 Å². The highest BCUT2D eigenvalue weighted by Crippen LogP contribution is 2.27. The Morgan fingerprint density at radius 1 is 1.20 bits per heavy atom. The molecule has 0 bridgehead atoms. The van der Waals surface area contributed by atoms with Crippen molar-refractivity contribution in [2.24, 2.45) is 7.05 Å². The maximum Gasteiger partial charge on any atom is 0.336 e. The first kappa shape index (κ1) is 18.6. The van der Waals surface area contributed by atoms with E-state index in [1.165, 1.54) is 29.9 Å². The molecule has 10 heteroatoms. The number of rotatable bonds is 2. The molecule has 0 spiro atoms. The van der Waals surface area contributed by atoms with Gasteiger partial charge in [0.1, 0.15) is 17.2 Å². The predicted molar refractivity (Wildman–Crippen MR) is 113 cm³/mol. The summed E-state index contributed by atoms with van der Waals surface area (Å²) in [6.07, 6.45) is 3.33. The van der Waals surface area contributed by atoms with Gasteiger partial charge in [0.05, 0.1) is 15.9 Å². The Morgan fingerprint density at radius 3 is 2.70 bits per heavy atom. The second-order valence-corrected chi connectivity index (χ2v) is 7.53. The van der Waals surface area contributed by atoms with Gasteiger partial charge in [-0.3, -0.25) is 9.36 Å². The number of hydrazine groups is 1. The van der Waals surface area contributed by atoms with Crippen LogP contribution in [0, 0.1) is 5.82 Å². The fourth-order valence-electron chi connectivity index (χ4n) is 3.80. The summed E-state index contributed by atoms with van der Waals surface area (Å²) in [6, 6.07) is 5.85. The van der Waals surface area contributed by atoms with Crippen LogP contribution in [0.2, 0.25) is 5.02 Å². The third kappa shape index (κ3) is 2.59. The number of benzene rings is 1. The largest absolute Gasteiger partial charge is 0.339 e. The van der Waals surface area contributed by atoms with Gasteiger partial charge < -0.3 is 9.99 Å². The molecular formula is C20H16ClFN6O2. The fraction of sp³-hybridized carbons (Fsp3) is 0.150. The number of H-pyrrole nitrogens is 1. The van der Waals surface area contributed by atoms with E-state index < -0.39 is 17.1 Å². The molecule has 30 heavy (non-hydrogen) atoms. The van der Waals surface area contributed by atoms with Crippen molar-refractivity contribution in [1.29, 1.82) is 0 Å². The number of aromatic nitrogens is 4. The van der Waals surface area contributed by atoms with Crippen LogP contribution in [0.1, 0.15) is 5.69 Å². The van der Waals surface area contributed by atoms with Crippen molar-refractivity contribution in [2.75, 3.05) is 13.6 Å². The minimum absolute atomic E-state index is 0.0312. The molecule has 0 fully saturated rings. The second-order valence-electron chi connectivity index (χ2n) is 7.12. The Kier molecular flexibility index (Phi) is 4.05. The first-order valence-electron chi connectivity index (χ1n) is 9.12. The van der Waals surface area contributed by atoms with Crippen LogP contribution in [0.25, 0.3) is 33.2 Å². The molecule has 1 aromatic carbocycles. The van der Waals surface area contributed by atoms with E-state index in [0.29, 0.717) is 23.1 Å². The van der Waals surface area contributed by atoms with Gasteiger partial charge in [-0.15, -0.1) is 0 Å². The smallest absolute Gasteiger partial charge is 0.336 e. The summed E-state index contributed by atoms with van der Waals surface area (Å²) < 4.78 is 16.5. The summed E-state index contributed by atoms with van der Waals surface area (Å²) in [4.78, 5) is 33.9. The molecule has 0 saturated heterocycles. The van der Waals surface area contributed by atoms with E-state index in [-0.39, 0.29) is 16.1 Å². The molecule has 8 nitrogen and oxygen atoms in total. The minimum atomic E-state index is -0.760. The van der Waals surface area contributed by atoms with E-state index in [1.54, 1.807) is 0 Å². The highest BCUT2D eigenvalue weighted by atomic mass is 35.5. The van der Waals surface area contributed by atoms with Crippen molar-refractivity contribution < 1.29 is 4.39 Å². The van der Waals surface area contributed by atoms with Crippen LogP contribution in [0.3, 0.4) is 0 Å². The van der Waals surface area contributed by atoms with E-state index in [1.807, 2.05) is 24.3 Å². The predicted octanol–water partition coefficient (Wildman–Crippen LogP) is 2.15. The van der Waals surface area contributed by atoms with E-state index in [2.05, 4.69) is 15.4 Å². The Balaban J connectivity index is 1.85. The van der Waals surface area contributed by atoms with Crippen molar-refractivity contribution in [3.63, 3.8) is 0 Å². The van der Waals surface area contributed by atoms with Gasteiger partial charge in [0.15, 0.2) is 0 Å². The SMILES string of the molecule is CN1C=C(c2cc3c(ncc4c(=O)n(-c5c(F)cccc5Cl)c(=O)n(C)c43)[nH]2)CN1. The van der Waals surface area contributed by atoms with Gasteiger partial charge in [-0.25, -0.2) is 24.2 Å². The summed E-state index contributed by atoms with van der Waals surface area (Å²) in [7, 11) is 3.43. The number of hydrogen-bond acceptors (Lipinski definition) is 5. The van der Waals surface area contributed by atoms with Gasteiger partial charge in [-0.2, -0.15) is 0 Å². The molecule has 0 radical (unpaired) electrons. The average Bonchev–Trinajstić information content (AvgIpc) is 3.33. The Labute approximate surface area is 173 Å². The van der Waals surface area contributed by atoms with Crippen molar-refractivity contribution in [2.45, 2.75) is 0 Å². The number of aryl methyl sites for hydroxylation is 1. The third-order valence-corrected chi connectivity index (χ3v) is 5.56. The number of nitrogens with zero attached hydrogens (tertiary/aromatic N) is 4. The number of fused-ring (bicyclic) bond motifs is 3. The molecule has 4 aromatic rings. The maximum atomic E-state index is 14.5. The first-order valence-corrected chi connectivity index (χ1v) is 9.50. The van der Waals surface area contributed by atoms with Gasteiger partial charge in [-0.05, 0) is 18.2 Å². The van der Waals surface area contributed by atoms with Crippen LogP contribution in [-0.2, 0) is 7.05 Å². The third-order valence-electron chi connectivity index (χ3n) is 5.25. The molecule has 4 heterocycles. The normalized spacial score (nSPS) is 14.1. The standard InChI is InChI=1S/C20H16ClFN6O2/c1-26-9-10(7-24-26)15-6-11-16-12(8-23-18(11)25-15)19(29)28(20(30)27(16)2)17-13(21)4-3-5-14(17)22/h3-6,8-9,24H,7H2,1-2H3,(H,23,25). The lowest BCUT2D eigenvalue weighted by molar-refractivity contribution is 0.374. The van der Waals surface area contributed by atoms with Crippen LogP contribution in [0.15, 0.2) is 46.3 Å². The lowest BCUT2D eigenvalue weighted by Crippen LogP contribution is -2.38. The van der Waals surface area contributed by atoms with Crippen LogP contribution >= 0.6 is 11.6 Å². The second kappa shape index (κ2) is 6.54.